The van der Waals surface area contributed by atoms with Crippen LogP contribution in [0.15, 0.2) is 42.5 Å². The summed E-state index contributed by atoms with van der Waals surface area (Å²) in [7, 11) is -3.34. The van der Waals surface area contributed by atoms with Crippen molar-refractivity contribution in [1.82, 2.24) is 0 Å². The van der Waals surface area contributed by atoms with Crippen LogP contribution in [0.4, 0.5) is 11.4 Å². The summed E-state index contributed by atoms with van der Waals surface area (Å²) in [6.07, 6.45) is 1.06. The van der Waals surface area contributed by atoms with E-state index in [2.05, 4.69) is 4.72 Å². The predicted octanol–water partition coefficient (Wildman–Crippen LogP) is 2.52. The molecule has 110 valence electrons. The Bertz CT molecular complexity index is 766. The molecule has 0 unspecified atom stereocenters. The van der Waals surface area contributed by atoms with Crippen molar-refractivity contribution in [2.75, 3.05) is 16.7 Å². The number of rotatable bonds is 4. The summed E-state index contributed by atoms with van der Waals surface area (Å²) in [5.41, 5.74) is 7.24. The van der Waals surface area contributed by atoms with Crippen LogP contribution in [0.2, 0.25) is 5.02 Å². The SMILES string of the molecule is CS(=O)(=O)Nc1ccc(C(=O)c2cc(N)cc(Cl)c2)cc1. The van der Waals surface area contributed by atoms with E-state index in [-0.39, 0.29) is 5.78 Å². The van der Waals surface area contributed by atoms with E-state index in [0.29, 0.717) is 27.5 Å². The smallest absolute Gasteiger partial charge is 0.229 e. The number of ketones is 1. The second kappa shape index (κ2) is 5.75. The van der Waals surface area contributed by atoms with E-state index in [0.717, 1.165) is 6.26 Å². The summed E-state index contributed by atoms with van der Waals surface area (Å²) in [5.74, 6) is -0.241. The first kappa shape index (κ1) is 15.3. The molecule has 2 rings (SSSR count). The summed E-state index contributed by atoms with van der Waals surface area (Å²) in [5, 5.41) is 0.383. The van der Waals surface area contributed by atoms with Gasteiger partial charge in [-0.25, -0.2) is 8.42 Å². The van der Waals surface area contributed by atoms with Gasteiger partial charge in [0.15, 0.2) is 5.78 Å². The Balaban J connectivity index is 2.28. The summed E-state index contributed by atoms with van der Waals surface area (Å²) < 4.78 is 24.5. The average molecular weight is 325 g/mol. The van der Waals surface area contributed by atoms with Crippen molar-refractivity contribution in [2.45, 2.75) is 0 Å². The molecule has 0 bridgehead atoms. The number of nitrogen functional groups attached to an aromatic ring is 1. The van der Waals surface area contributed by atoms with E-state index in [9.17, 15) is 13.2 Å². The van der Waals surface area contributed by atoms with Gasteiger partial charge in [0.05, 0.1) is 6.26 Å². The molecule has 5 nitrogen and oxygen atoms in total. The Hall–Kier alpha value is -2.05. The minimum Gasteiger partial charge on any atom is -0.399 e. The molecule has 0 heterocycles. The molecule has 0 aliphatic carbocycles. The third-order valence-corrected chi connectivity index (χ3v) is 3.46. The number of nitrogens with one attached hydrogen (secondary N) is 1. The quantitative estimate of drug-likeness (QED) is 0.668. The van der Waals surface area contributed by atoms with Crippen LogP contribution < -0.4 is 10.5 Å². The lowest BCUT2D eigenvalue weighted by atomic mass is 10.0. The maximum atomic E-state index is 12.3. The van der Waals surface area contributed by atoms with E-state index in [4.69, 9.17) is 17.3 Å². The van der Waals surface area contributed by atoms with Crippen molar-refractivity contribution in [2.24, 2.45) is 0 Å². The fraction of sp³-hybridized carbons (Fsp3) is 0.0714. The number of carbonyl (C=O) groups excluding carboxylic acids is 1. The van der Waals surface area contributed by atoms with Gasteiger partial charge in [0.2, 0.25) is 10.0 Å². The van der Waals surface area contributed by atoms with Gasteiger partial charge in [-0.3, -0.25) is 9.52 Å². The highest BCUT2D eigenvalue weighted by Crippen LogP contribution is 2.20. The van der Waals surface area contributed by atoms with Crippen molar-refractivity contribution in [1.29, 1.82) is 0 Å². The first-order valence-electron chi connectivity index (χ1n) is 5.93. The molecule has 0 saturated carbocycles. The van der Waals surface area contributed by atoms with Crippen LogP contribution in [0.3, 0.4) is 0 Å². The van der Waals surface area contributed by atoms with Gasteiger partial charge in [-0.15, -0.1) is 0 Å². The minimum absolute atomic E-state index is 0.241. The van der Waals surface area contributed by atoms with E-state index >= 15 is 0 Å². The molecule has 21 heavy (non-hydrogen) atoms. The molecular formula is C14H13ClN2O3S. The summed E-state index contributed by atoms with van der Waals surface area (Å²) in [4.78, 5) is 12.3. The fourth-order valence-corrected chi connectivity index (χ4v) is 2.62. The van der Waals surface area contributed by atoms with Crippen LogP contribution in [-0.4, -0.2) is 20.5 Å². The second-order valence-corrected chi connectivity index (χ2v) is 6.74. The Morgan fingerprint density at radius 2 is 1.71 bits per heavy atom. The number of sulfonamides is 1. The molecule has 0 radical (unpaired) electrons. The highest BCUT2D eigenvalue weighted by Gasteiger charge is 2.11. The average Bonchev–Trinajstić information content (AvgIpc) is 2.35. The molecule has 0 aromatic heterocycles. The van der Waals surface area contributed by atoms with Crippen molar-refractivity contribution >= 4 is 38.8 Å². The van der Waals surface area contributed by atoms with Crippen LogP contribution in [0, 0.1) is 0 Å². The van der Waals surface area contributed by atoms with Crippen LogP contribution in [0.1, 0.15) is 15.9 Å². The van der Waals surface area contributed by atoms with Crippen molar-refractivity contribution in [3.8, 4) is 0 Å². The number of hydrogen-bond acceptors (Lipinski definition) is 4. The Morgan fingerprint density at radius 3 is 2.24 bits per heavy atom. The lowest BCUT2D eigenvalue weighted by Gasteiger charge is -2.06. The summed E-state index contributed by atoms with van der Waals surface area (Å²) in [6, 6.07) is 10.7. The number of benzene rings is 2. The third kappa shape index (κ3) is 4.21. The van der Waals surface area contributed by atoms with Gasteiger partial charge < -0.3 is 5.73 Å². The lowest BCUT2D eigenvalue weighted by Crippen LogP contribution is -2.09. The van der Waals surface area contributed by atoms with Crippen LogP contribution in [-0.2, 0) is 10.0 Å². The number of nitrogens with two attached hydrogens (primary N) is 1. The molecule has 7 heteroatoms. The topological polar surface area (TPSA) is 89.3 Å². The molecule has 2 aromatic rings. The molecular weight excluding hydrogens is 312 g/mol. The molecule has 0 amide bonds. The summed E-state index contributed by atoms with van der Waals surface area (Å²) >= 11 is 5.87. The molecule has 0 fully saturated rings. The number of carbonyl (C=O) groups is 1. The van der Waals surface area contributed by atoms with Crippen LogP contribution >= 0.6 is 11.6 Å². The first-order chi connectivity index (χ1) is 9.74. The number of halogens is 1. The van der Waals surface area contributed by atoms with E-state index in [1.54, 1.807) is 6.07 Å². The predicted molar refractivity (Wildman–Crippen MR) is 84.2 cm³/mol. The maximum absolute atomic E-state index is 12.3. The van der Waals surface area contributed by atoms with Gasteiger partial charge in [-0.1, -0.05) is 11.6 Å². The zero-order valence-corrected chi connectivity index (χ0v) is 12.7. The van der Waals surface area contributed by atoms with E-state index < -0.39 is 10.0 Å². The van der Waals surface area contributed by atoms with Gasteiger partial charge in [0.1, 0.15) is 0 Å². The molecule has 3 N–H and O–H groups in total. The van der Waals surface area contributed by atoms with Gasteiger partial charge in [0.25, 0.3) is 0 Å². The van der Waals surface area contributed by atoms with Gasteiger partial charge in [-0.05, 0) is 42.5 Å². The fourth-order valence-electron chi connectivity index (χ4n) is 1.81. The molecule has 0 atom stereocenters. The second-order valence-electron chi connectivity index (χ2n) is 4.55. The Morgan fingerprint density at radius 1 is 1.10 bits per heavy atom. The molecule has 0 aliphatic rings. The van der Waals surface area contributed by atoms with Gasteiger partial charge in [0, 0.05) is 27.5 Å². The van der Waals surface area contributed by atoms with Gasteiger partial charge in [-0.2, -0.15) is 0 Å². The molecule has 2 aromatic carbocycles. The largest absolute Gasteiger partial charge is 0.399 e. The van der Waals surface area contributed by atoms with E-state index in [1.165, 1.54) is 36.4 Å². The highest BCUT2D eigenvalue weighted by atomic mass is 35.5. The highest BCUT2D eigenvalue weighted by molar-refractivity contribution is 7.92. The zero-order valence-electron chi connectivity index (χ0n) is 11.1. The molecule has 0 spiro atoms. The third-order valence-electron chi connectivity index (χ3n) is 2.63. The zero-order chi connectivity index (χ0) is 15.6. The Labute approximate surface area is 127 Å². The number of anilines is 2. The van der Waals surface area contributed by atoms with Crippen molar-refractivity contribution in [3.63, 3.8) is 0 Å². The number of hydrogen-bond donors (Lipinski definition) is 2. The van der Waals surface area contributed by atoms with Crippen LogP contribution in [0.25, 0.3) is 0 Å². The molecule has 0 aliphatic heterocycles. The van der Waals surface area contributed by atoms with Crippen molar-refractivity contribution < 1.29 is 13.2 Å². The lowest BCUT2D eigenvalue weighted by molar-refractivity contribution is 0.103. The normalized spacial score (nSPS) is 11.1. The van der Waals surface area contributed by atoms with Gasteiger partial charge >= 0.3 is 0 Å². The molecule has 0 saturated heterocycles. The summed E-state index contributed by atoms with van der Waals surface area (Å²) in [6.45, 7) is 0. The maximum Gasteiger partial charge on any atom is 0.229 e. The van der Waals surface area contributed by atoms with E-state index in [1.807, 2.05) is 0 Å². The first-order valence-corrected chi connectivity index (χ1v) is 8.20. The van der Waals surface area contributed by atoms with Crippen LogP contribution in [0.5, 0.6) is 0 Å². The Kier molecular flexibility index (Phi) is 4.20. The van der Waals surface area contributed by atoms with Crippen molar-refractivity contribution in [3.05, 3.63) is 58.6 Å². The monoisotopic (exact) mass is 324 g/mol. The standard InChI is InChI=1S/C14H13ClN2O3S/c1-21(19,20)17-13-4-2-9(3-5-13)14(18)10-6-11(15)8-12(16)7-10/h2-8,17H,16H2,1H3. The minimum atomic E-state index is -3.34.